The molecule has 0 radical (unpaired) electrons. The Morgan fingerprint density at radius 2 is 2.32 bits per heavy atom. The molecule has 1 saturated carbocycles. The van der Waals surface area contributed by atoms with Gasteiger partial charge in [-0.15, -0.1) is 10.2 Å². The van der Waals surface area contributed by atoms with Gasteiger partial charge in [0.05, 0.1) is 11.8 Å². The maximum atomic E-state index is 12.1. The van der Waals surface area contributed by atoms with Crippen LogP contribution in [0, 0.1) is 17.2 Å². The van der Waals surface area contributed by atoms with Crippen LogP contribution in [-0.2, 0) is 4.79 Å². The van der Waals surface area contributed by atoms with Gasteiger partial charge in [0.1, 0.15) is 5.54 Å². The van der Waals surface area contributed by atoms with Gasteiger partial charge in [0.25, 0.3) is 0 Å². The highest BCUT2D eigenvalue weighted by atomic mass is 35.5. The summed E-state index contributed by atoms with van der Waals surface area (Å²) < 4.78 is 0.685. The van der Waals surface area contributed by atoms with Crippen molar-refractivity contribution in [2.24, 2.45) is 5.92 Å². The van der Waals surface area contributed by atoms with Crippen molar-refractivity contribution in [2.45, 2.75) is 29.6 Å². The van der Waals surface area contributed by atoms with E-state index in [2.05, 4.69) is 26.9 Å². The van der Waals surface area contributed by atoms with Crippen molar-refractivity contribution in [3.8, 4) is 6.07 Å². The molecule has 0 spiro atoms. The lowest BCUT2D eigenvalue weighted by molar-refractivity contribution is -0.119. The molecule has 2 N–H and O–H groups in total. The zero-order chi connectivity index (χ0) is 17.9. The Balaban J connectivity index is 1.51. The fourth-order valence-electron chi connectivity index (χ4n) is 2.34. The molecule has 1 fully saturated rings. The Bertz CT molecular complexity index is 817. The minimum absolute atomic E-state index is 0.166. The summed E-state index contributed by atoms with van der Waals surface area (Å²) in [5.74, 6) is 0.303. The van der Waals surface area contributed by atoms with Crippen LogP contribution in [0.5, 0.6) is 0 Å². The average Bonchev–Trinajstić information content (AvgIpc) is 3.35. The van der Waals surface area contributed by atoms with E-state index in [1.165, 1.54) is 23.1 Å². The molecule has 0 saturated heterocycles. The first kappa shape index (κ1) is 18.0. The monoisotopic (exact) mass is 393 g/mol. The fraction of sp³-hybridized carbons (Fsp3) is 0.375. The number of benzene rings is 1. The average molecular weight is 394 g/mol. The Morgan fingerprint density at radius 1 is 1.52 bits per heavy atom. The number of aromatic nitrogens is 2. The van der Waals surface area contributed by atoms with Gasteiger partial charge >= 0.3 is 0 Å². The van der Waals surface area contributed by atoms with Crippen molar-refractivity contribution in [3.05, 3.63) is 29.3 Å². The third-order valence-corrected chi connectivity index (χ3v) is 6.04. The molecule has 6 nitrogen and oxygen atoms in total. The van der Waals surface area contributed by atoms with Gasteiger partial charge in [-0.2, -0.15) is 5.26 Å². The van der Waals surface area contributed by atoms with E-state index in [9.17, 15) is 10.1 Å². The second-order valence-electron chi connectivity index (χ2n) is 5.93. The maximum Gasteiger partial charge on any atom is 0.231 e. The van der Waals surface area contributed by atoms with Gasteiger partial charge in [0.2, 0.25) is 11.0 Å². The second kappa shape index (κ2) is 7.60. The van der Waals surface area contributed by atoms with E-state index in [-0.39, 0.29) is 17.6 Å². The van der Waals surface area contributed by atoms with Gasteiger partial charge in [-0.05, 0) is 43.9 Å². The largest absolute Gasteiger partial charge is 0.337 e. The number of carbonyl (C=O) groups excluding carboxylic acids is 1. The fourth-order valence-corrected chi connectivity index (χ4v) is 4.11. The predicted octanol–water partition coefficient (Wildman–Crippen LogP) is 3.84. The molecular weight excluding hydrogens is 378 g/mol. The summed E-state index contributed by atoms with van der Waals surface area (Å²) in [6, 6.07) is 9.54. The van der Waals surface area contributed by atoms with Crippen LogP contribution in [0.3, 0.4) is 0 Å². The zero-order valence-corrected chi connectivity index (χ0v) is 15.8. The van der Waals surface area contributed by atoms with E-state index < -0.39 is 5.54 Å². The minimum Gasteiger partial charge on any atom is -0.337 e. The molecule has 1 atom stereocenters. The van der Waals surface area contributed by atoms with E-state index in [0.29, 0.717) is 14.5 Å². The number of hydrogen-bond donors (Lipinski definition) is 2. The minimum atomic E-state index is -0.766. The molecule has 9 heteroatoms. The lowest BCUT2D eigenvalue weighted by Crippen LogP contribution is -2.47. The number of anilines is 2. The van der Waals surface area contributed by atoms with Gasteiger partial charge < -0.3 is 10.6 Å². The summed E-state index contributed by atoms with van der Waals surface area (Å²) in [7, 11) is 0. The number of rotatable bonds is 7. The molecule has 0 bridgehead atoms. The molecular formula is C16H16ClN5OS2. The van der Waals surface area contributed by atoms with E-state index in [1.54, 1.807) is 19.1 Å². The Labute approximate surface area is 159 Å². The van der Waals surface area contributed by atoms with Crippen LogP contribution in [0.2, 0.25) is 5.02 Å². The van der Waals surface area contributed by atoms with E-state index in [4.69, 9.17) is 11.6 Å². The molecule has 0 unspecified atom stereocenters. The van der Waals surface area contributed by atoms with Crippen LogP contribution in [-0.4, -0.2) is 27.4 Å². The summed E-state index contributed by atoms with van der Waals surface area (Å²) in [6.45, 7) is 1.78. The third kappa shape index (κ3) is 4.84. The van der Waals surface area contributed by atoms with Gasteiger partial charge in [-0.1, -0.05) is 40.8 Å². The normalized spacial score (nSPS) is 15.9. The zero-order valence-electron chi connectivity index (χ0n) is 13.5. The van der Waals surface area contributed by atoms with Crippen LogP contribution < -0.4 is 10.6 Å². The number of nitrogens with one attached hydrogen (secondary N) is 2. The highest BCUT2D eigenvalue weighted by molar-refractivity contribution is 8.01. The van der Waals surface area contributed by atoms with Crippen molar-refractivity contribution < 1.29 is 4.79 Å². The van der Waals surface area contributed by atoms with Crippen LogP contribution in [0.25, 0.3) is 0 Å². The number of hydrogen-bond acceptors (Lipinski definition) is 7. The molecule has 1 aromatic carbocycles. The highest BCUT2D eigenvalue weighted by Gasteiger charge is 2.42. The van der Waals surface area contributed by atoms with E-state index >= 15 is 0 Å². The predicted molar refractivity (Wildman–Crippen MR) is 100 cm³/mol. The number of nitrogens with zero attached hydrogens (tertiary/aromatic N) is 3. The number of carbonyl (C=O) groups is 1. The Morgan fingerprint density at radius 3 is 3.00 bits per heavy atom. The van der Waals surface area contributed by atoms with Crippen molar-refractivity contribution in [1.29, 1.82) is 5.26 Å². The van der Waals surface area contributed by atoms with Crippen LogP contribution in [0.4, 0.5) is 10.8 Å². The van der Waals surface area contributed by atoms with Crippen molar-refractivity contribution >= 4 is 51.4 Å². The second-order valence-corrected chi connectivity index (χ2v) is 8.57. The van der Waals surface area contributed by atoms with Crippen LogP contribution in [0.1, 0.15) is 19.8 Å². The number of thioether (sulfide) groups is 1. The maximum absolute atomic E-state index is 12.1. The Kier molecular flexibility index (Phi) is 5.47. The number of amides is 1. The van der Waals surface area contributed by atoms with Crippen molar-refractivity contribution in [3.63, 3.8) is 0 Å². The van der Waals surface area contributed by atoms with Crippen molar-refractivity contribution in [1.82, 2.24) is 15.5 Å². The van der Waals surface area contributed by atoms with Gasteiger partial charge in [-0.3, -0.25) is 4.79 Å². The van der Waals surface area contributed by atoms with Gasteiger partial charge in [-0.25, -0.2) is 0 Å². The van der Waals surface area contributed by atoms with Gasteiger partial charge in [0, 0.05) is 10.7 Å². The summed E-state index contributed by atoms with van der Waals surface area (Å²) in [4.78, 5) is 12.1. The smallest absolute Gasteiger partial charge is 0.231 e. The molecule has 1 amide bonds. The SMILES string of the molecule is C[C@](C#N)(NC(=O)CSc1nnc(Nc2cccc(Cl)c2)s1)C1CC1. The number of nitriles is 1. The van der Waals surface area contributed by atoms with Crippen molar-refractivity contribution in [2.75, 3.05) is 11.1 Å². The molecule has 1 aliphatic carbocycles. The lowest BCUT2D eigenvalue weighted by Gasteiger charge is -2.22. The molecule has 25 heavy (non-hydrogen) atoms. The topological polar surface area (TPSA) is 90.7 Å². The molecule has 1 aromatic heterocycles. The molecule has 1 aliphatic rings. The van der Waals surface area contributed by atoms with Crippen LogP contribution in [0.15, 0.2) is 28.6 Å². The number of halogens is 1. The standard InChI is InChI=1S/C16H16ClN5OS2/c1-16(9-18,10-5-6-10)20-13(23)8-24-15-22-21-14(25-15)19-12-4-2-3-11(17)7-12/h2-4,7,10H,5-6,8H2,1H3,(H,19,21)(H,20,23)/t16-/m1/s1. The first-order chi connectivity index (χ1) is 12.0. The highest BCUT2D eigenvalue weighted by Crippen LogP contribution is 2.39. The quantitative estimate of drug-likeness (QED) is 0.694. The summed E-state index contributed by atoms with van der Waals surface area (Å²) in [5, 5.41) is 24.6. The molecule has 2 aromatic rings. The van der Waals surface area contributed by atoms with Gasteiger partial charge in [0.15, 0.2) is 4.34 Å². The van der Waals surface area contributed by atoms with E-state index in [0.717, 1.165) is 18.5 Å². The first-order valence-electron chi connectivity index (χ1n) is 7.70. The Hall–Kier alpha value is -1.82. The summed E-state index contributed by atoms with van der Waals surface area (Å²) in [6.07, 6.45) is 1.98. The summed E-state index contributed by atoms with van der Waals surface area (Å²) in [5.41, 5.74) is 0.0603. The molecule has 0 aliphatic heterocycles. The third-order valence-electron chi connectivity index (χ3n) is 3.83. The molecule has 1 heterocycles. The summed E-state index contributed by atoms with van der Waals surface area (Å²) >= 11 is 8.61. The molecule has 3 rings (SSSR count). The first-order valence-corrected chi connectivity index (χ1v) is 9.88. The lowest BCUT2D eigenvalue weighted by atomic mass is 9.98. The van der Waals surface area contributed by atoms with E-state index in [1.807, 2.05) is 12.1 Å². The van der Waals surface area contributed by atoms with Crippen LogP contribution >= 0.6 is 34.7 Å². The molecule has 130 valence electrons.